The Morgan fingerprint density at radius 3 is 2.71 bits per heavy atom. The molecule has 1 fully saturated rings. The summed E-state index contributed by atoms with van der Waals surface area (Å²) in [7, 11) is 0. The number of hydrogen-bond donors (Lipinski definition) is 0. The minimum atomic E-state index is -0.290. The number of ether oxygens (including phenoxy) is 1. The van der Waals surface area contributed by atoms with Crippen LogP contribution in [0.1, 0.15) is 11.1 Å². The van der Waals surface area contributed by atoms with Crippen molar-refractivity contribution in [1.82, 2.24) is 9.88 Å². The van der Waals surface area contributed by atoms with Crippen molar-refractivity contribution in [2.45, 2.75) is 6.92 Å². The first-order valence-corrected chi connectivity index (χ1v) is 8.30. The Labute approximate surface area is 144 Å². The number of rotatable bonds is 5. The van der Waals surface area contributed by atoms with Crippen LogP contribution in [-0.4, -0.2) is 34.2 Å². The van der Waals surface area contributed by atoms with E-state index in [1.165, 1.54) is 4.90 Å². The fourth-order valence-electron chi connectivity index (χ4n) is 2.19. The number of imide groups is 1. The average Bonchev–Trinajstić information content (AvgIpc) is 2.85. The van der Waals surface area contributed by atoms with Gasteiger partial charge in [0.25, 0.3) is 11.1 Å². The summed E-state index contributed by atoms with van der Waals surface area (Å²) in [5.41, 5.74) is 1.94. The van der Waals surface area contributed by atoms with Crippen LogP contribution in [0.2, 0.25) is 0 Å². The van der Waals surface area contributed by atoms with Crippen molar-refractivity contribution in [3.05, 3.63) is 64.8 Å². The molecule has 0 spiro atoms. The molecule has 0 radical (unpaired) electrons. The molecule has 0 bridgehead atoms. The molecule has 3 rings (SSSR count). The zero-order valence-electron chi connectivity index (χ0n) is 13.1. The standard InChI is InChI=1S/C18H16N2O3S/c1-13-4-6-15(7-5-13)23-10-9-20-17(21)16(24-18(20)22)11-14-3-2-8-19-12-14/h2-8,11-12H,9-10H2,1H3/b16-11-. The van der Waals surface area contributed by atoms with Gasteiger partial charge in [-0.25, -0.2) is 0 Å². The number of aromatic nitrogens is 1. The van der Waals surface area contributed by atoms with Gasteiger partial charge >= 0.3 is 0 Å². The molecule has 2 aromatic rings. The van der Waals surface area contributed by atoms with Gasteiger partial charge in [0, 0.05) is 12.4 Å². The van der Waals surface area contributed by atoms with Crippen molar-refractivity contribution in [3.63, 3.8) is 0 Å². The van der Waals surface area contributed by atoms with Crippen molar-refractivity contribution < 1.29 is 14.3 Å². The maximum absolute atomic E-state index is 12.3. The third-order valence-corrected chi connectivity index (χ3v) is 4.37. The van der Waals surface area contributed by atoms with Gasteiger partial charge in [0.15, 0.2) is 0 Å². The second kappa shape index (κ2) is 7.31. The molecule has 1 aliphatic rings. The van der Waals surface area contributed by atoms with Gasteiger partial charge in [-0.15, -0.1) is 0 Å². The molecule has 1 aromatic heterocycles. The fraction of sp³-hybridized carbons (Fsp3) is 0.167. The first-order valence-electron chi connectivity index (χ1n) is 7.48. The lowest BCUT2D eigenvalue weighted by molar-refractivity contribution is -0.123. The van der Waals surface area contributed by atoms with Crippen molar-refractivity contribution in [3.8, 4) is 5.75 Å². The van der Waals surface area contributed by atoms with Crippen LogP contribution in [0.3, 0.4) is 0 Å². The number of benzene rings is 1. The molecular weight excluding hydrogens is 324 g/mol. The van der Waals surface area contributed by atoms with E-state index in [0.717, 1.165) is 28.6 Å². The van der Waals surface area contributed by atoms with Crippen LogP contribution in [-0.2, 0) is 4.79 Å². The quantitative estimate of drug-likeness (QED) is 0.780. The van der Waals surface area contributed by atoms with E-state index >= 15 is 0 Å². The number of carbonyl (C=O) groups is 2. The highest BCUT2D eigenvalue weighted by atomic mass is 32.2. The van der Waals surface area contributed by atoms with Crippen molar-refractivity contribution in [2.75, 3.05) is 13.2 Å². The lowest BCUT2D eigenvalue weighted by Crippen LogP contribution is -2.32. The summed E-state index contributed by atoms with van der Waals surface area (Å²) in [5, 5.41) is -0.275. The Morgan fingerprint density at radius 1 is 1.21 bits per heavy atom. The Hall–Kier alpha value is -2.60. The number of hydrogen-bond acceptors (Lipinski definition) is 5. The molecule has 6 heteroatoms. The zero-order chi connectivity index (χ0) is 16.9. The molecule has 2 amide bonds. The second-order valence-electron chi connectivity index (χ2n) is 5.28. The van der Waals surface area contributed by atoms with E-state index in [2.05, 4.69) is 4.98 Å². The molecule has 0 aliphatic carbocycles. The Bertz CT molecular complexity index is 773. The van der Waals surface area contributed by atoms with Crippen molar-refractivity contribution in [1.29, 1.82) is 0 Å². The predicted octanol–water partition coefficient (Wildman–Crippen LogP) is 3.51. The Kier molecular flexibility index (Phi) is 4.96. The van der Waals surface area contributed by atoms with E-state index in [9.17, 15) is 9.59 Å². The van der Waals surface area contributed by atoms with E-state index in [1.54, 1.807) is 24.5 Å². The molecule has 1 aromatic carbocycles. The minimum absolute atomic E-state index is 0.225. The molecule has 24 heavy (non-hydrogen) atoms. The highest BCUT2D eigenvalue weighted by molar-refractivity contribution is 8.18. The number of thioether (sulfide) groups is 1. The van der Waals surface area contributed by atoms with Gasteiger partial charge in [-0.05, 0) is 48.5 Å². The molecule has 1 saturated heterocycles. The summed E-state index contributed by atoms with van der Waals surface area (Å²) in [6.45, 7) is 2.49. The summed E-state index contributed by atoms with van der Waals surface area (Å²) in [5.74, 6) is 0.430. The molecular formula is C18H16N2O3S. The lowest BCUT2D eigenvalue weighted by Gasteiger charge is -2.13. The van der Waals surface area contributed by atoms with Crippen LogP contribution in [0.25, 0.3) is 6.08 Å². The molecule has 0 atom stereocenters. The molecule has 5 nitrogen and oxygen atoms in total. The third kappa shape index (κ3) is 3.83. The van der Waals surface area contributed by atoms with Crippen molar-refractivity contribution >= 4 is 29.0 Å². The van der Waals surface area contributed by atoms with Gasteiger partial charge in [0.1, 0.15) is 12.4 Å². The van der Waals surface area contributed by atoms with Gasteiger partial charge in [-0.3, -0.25) is 19.5 Å². The maximum atomic E-state index is 12.3. The predicted molar refractivity (Wildman–Crippen MR) is 93.6 cm³/mol. The maximum Gasteiger partial charge on any atom is 0.293 e. The average molecular weight is 340 g/mol. The summed E-state index contributed by atoms with van der Waals surface area (Å²) in [6.07, 6.45) is 4.98. The zero-order valence-corrected chi connectivity index (χ0v) is 14.0. The molecule has 0 N–H and O–H groups in total. The lowest BCUT2D eigenvalue weighted by atomic mass is 10.2. The monoisotopic (exact) mass is 340 g/mol. The second-order valence-corrected chi connectivity index (χ2v) is 6.27. The number of carbonyl (C=O) groups excluding carboxylic acids is 2. The van der Waals surface area contributed by atoms with E-state index in [4.69, 9.17) is 4.74 Å². The smallest absolute Gasteiger partial charge is 0.293 e. The van der Waals surface area contributed by atoms with Gasteiger partial charge in [0.2, 0.25) is 0 Å². The topological polar surface area (TPSA) is 59.5 Å². The van der Waals surface area contributed by atoms with E-state index in [-0.39, 0.29) is 24.3 Å². The fourth-order valence-corrected chi connectivity index (χ4v) is 3.06. The van der Waals surface area contributed by atoms with Crippen LogP contribution >= 0.6 is 11.8 Å². The number of amides is 2. The van der Waals surface area contributed by atoms with E-state index < -0.39 is 0 Å². The third-order valence-electron chi connectivity index (χ3n) is 3.46. The van der Waals surface area contributed by atoms with E-state index in [1.807, 2.05) is 37.3 Å². The summed E-state index contributed by atoms with van der Waals surface area (Å²) in [6, 6.07) is 11.3. The molecule has 1 aliphatic heterocycles. The van der Waals surface area contributed by atoms with Crippen molar-refractivity contribution in [2.24, 2.45) is 0 Å². The van der Waals surface area contributed by atoms with E-state index in [0.29, 0.717) is 4.91 Å². The molecule has 0 saturated carbocycles. The minimum Gasteiger partial charge on any atom is -0.492 e. The molecule has 2 heterocycles. The van der Waals surface area contributed by atoms with Crippen LogP contribution in [0, 0.1) is 6.92 Å². The molecule has 0 unspecified atom stereocenters. The summed E-state index contributed by atoms with van der Waals surface area (Å²) < 4.78 is 5.59. The Morgan fingerprint density at radius 2 is 2.00 bits per heavy atom. The van der Waals surface area contributed by atoms with Crippen LogP contribution in [0.4, 0.5) is 4.79 Å². The molecule has 122 valence electrons. The first-order chi connectivity index (χ1) is 11.6. The highest BCUT2D eigenvalue weighted by Crippen LogP contribution is 2.31. The SMILES string of the molecule is Cc1ccc(OCCN2C(=O)S/C(=C\c3cccnc3)C2=O)cc1. The highest BCUT2D eigenvalue weighted by Gasteiger charge is 2.34. The van der Waals surface area contributed by atoms with Gasteiger partial charge in [-0.1, -0.05) is 23.8 Å². The number of pyridine rings is 1. The van der Waals surface area contributed by atoms with Crippen LogP contribution < -0.4 is 4.74 Å². The summed E-state index contributed by atoms with van der Waals surface area (Å²) in [4.78, 5) is 30.0. The number of aryl methyl sites for hydroxylation is 1. The largest absolute Gasteiger partial charge is 0.492 e. The normalized spacial score (nSPS) is 16.0. The van der Waals surface area contributed by atoms with Crippen LogP contribution in [0.5, 0.6) is 5.75 Å². The van der Waals surface area contributed by atoms with Crippen LogP contribution in [0.15, 0.2) is 53.7 Å². The van der Waals surface area contributed by atoms with Gasteiger partial charge in [-0.2, -0.15) is 0 Å². The Balaban J connectivity index is 1.60. The van der Waals surface area contributed by atoms with Gasteiger partial charge in [0.05, 0.1) is 11.4 Å². The van der Waals surface area contributed by atoms with Gasteiger partial charge < -0.3 is 4.74 Å². The summed E-state index contributed by atoms with van der Waals surface area (Å²) >= 11 is 0.940. The first kappa shape index (κ1) is 16.3. The number of nitrogens with zero attached hydrogens (tertiary/aromatic N) is 2.